The van der Waals surface area contributed by atoms with Crippen LogP contribution in [0.1, 0.15) is 70.4 Å². The van der Waals surface area contributed by atoms with Gasteiger partial charge in [0.15, 0.2) is 0 Å². The Morgan fingerprint density at radius 3 is 1.85 bits per heavy atom. The van der Waals surface area contributed by atoms with Crippen LogP contribution in [0.5, 0.6) is 0 Å². The van der Waals surface area contributed by atoms with Crippen molar-refractivity contribution in [2.45, 2.75) is 70.3 Å². The van der Waals surface area contributed by atoms with Gasteiger partial charge in [-0.25, -0.2) is 0 Å². The minimum atomic E-state index is -4.01. The van der Waals surface area contributed by atoms with Crippen molar-refractivity contribution in [1.29, 1.82) is 0 Å². The smallest absolute Gasteiger partial charge is 0.264 e. The van der Waals surface area contributed by atoms with Gasteiger partial charge in [0.2, 0.25) is 0 Å². The van der Waals surface area contributed by atoms with Crippen molar-refractivity contribution in [3.05, 3.63) is 132 Å². The molecule has 0 aromatic heterocycles. The second-order valence-electron chi connectivity index (χ2n) is 14.9. The molecule has 0 spiro atoms. The van der Waals surface area contributed by atoms with Crippen LogP contribution in [0.4, 0.5) is 11.4 Å². The first-order chi connectivity index (χ1) is 25.1. The summed E-state index contributed by atoms with van der Waals surface area (Å²) in [7, 11) is -8.01. The molecule has 0 fully saturated rings. The molecule has 0 amide bonds. The number of allylic oxidation sites excluding steroid dienone is 7. The highest BCUT2D eigenvalue weighted by Crippen LogP contribution is 2.52. The average Bonchev–Trinajstić information content (AvgIpc) is 3.46. The number of unbranched alkanes of at least 4 members (excludes halogenated alkanes) is 2. The van der Waals surface area contributed by atoms with E-state index in [4.69, 9.17) is 0 Å². The largest absolute Gasteiger partial charge is 0.412 e. The maximum Gasteiger partial charge on any atom is 0.264 e. The first-order valence-corrected chi connectivity index (χ1v) is 21.6. The van der Waals surface area contributed by atoms with E-state index < -0.39 is 20.2 Å². The fourth-order valence-electron chi connectivity index (χ4n) is 8.33. The van der Waals surface area contributed by atoms with Crippen molar-refractivity contribution in [1.82, 2.24) is 0 Å². The van der Waals surface area contributed by atoms with Gasteiger partial charge in [0.05, 0.1) is 17.0 Å². The molecular weight excluding hydrogens is 721 g/mol. The van der Waals surface area contributed by atoms with E-state index in [0.29, 0.717) is 38.8 Å². The zero-order valence-corrected chi connectivity index (χ0v) is 33.1. The first kappa shape index (κ1) is 40.9. The first-order valence-electron chi connectivity index (χ1n) is 18.3. The SMILES string of the molecule is CC1c2c(ccc3ccccc23)N(CCCCS(=O)(=O)O)C1(C)C=CC=CC=CC=C1N(CCCCS(=O)(=O)O)c2ccc3ccccc3c2C1(C)C.O. The van der Waals surface area contributed by atoms with Crippen molar-refractivity contribution in [2.75, 3.05) is 34.4 Å². The summed E-state index contributed by atoms with van der Waals surface area (Å²) in [6.07, 6.45) is 16.5. The lowest BCUT2D eigenvalue weighted by Gasteiger charge is -2.38. The maximum absolute atomic E-state index is 11.4. The number of rotatable bonds is 14. The van der Waals surface area contributed by atoms with Crippen LogP contribution >= 0.6 is 0 Å². The van der Waals surface area contributed by atoms with E-state index >= 15 is 0 Å². The lowest BCUT2D eigenvalue weighted by molar-refractivity contribution is 0.463. The van der Waals surface area contributed by atoms with Crippen LogP contribution < -0.4 is 9.80 Å². The lowest BCUT2D eigenvalue weighted by atomic mass is 9.81. The van der Waals surface area contributed by atoms with Crippen molar-refractivity contribution in [2.24, 2.45) is 0 Å². The third kappa shape index (κ3) is 8.50. The number of benzene rings is 4. The highest BCUT2D eigenvalue weighted by Gasteiger charge is 2.44. The summed E-state index contributed by atoms with van der Waals surface area (Å²) >= 11 is 0. The molecule has 6 rings (SSSR count). The van der Waals surface area contributed by atoms with Crippen LogP contribution in [0, 0.1) is 0 Å². The molecule has 2 aliphatic heterocycles. The third-order valence-electron chi connectivity index (χ3n) is 11.1. The van der Waals surface area contributed by atoms with Gasteiger partial charge in [-0.15, -0.1) is 0 Å². The van der Waals surface area contributed by atoms with Crippen LogP contribution in [-0.2, 0) is 25.7 Å². The average molecular weight is 773 g/mol. The van der Waals surface area contributed by atoms with E-state index in [2.05, 4.69) is 122 Å². The van der Waals surface area contributed by atoms with Crippen molar-refractivity contribution in [3.63, 3.8) is 0 Å². The summed E-state index contributed by atoms with van der Waals surface area (Å²) in [5.74, 6) is -0.330. The summed E-state index contributed by atoms with van der Waals surface area (Å²) < 4.78 is 64.1. The van der Waals surface area contributed by atoms with Crippen LogP contribution in [0.3, 0.4) is 0 Å². The topological polar surface area (TPSA) is 147 Å². The van der Waals surface area contributed by atoms with Gasteiger partial charge in [-0.3, -0.25) is 9.11 Å². The van der Waals surface area contributed by atoms with Crippen molar-refractivity contribution < 1.29 is 31.4 Å². The van der Waals surface area contributed by atoms with Crippen LogP contribution in [-0.4, -0.2) is 61.6 Å². The van der Waals surface area contributed by atoms with Gasteiger partial charge in [0.1, 0.15) is 0 Å². The summed E-state index contributed by atoms with van der Waals surface area (Å²) in [6.45, 7) is 10.2. The molecule has 0 radical (unpaired) electrons. The molecule has 9 nitrogen and oxygen atoms in total. The number of nitrogens with zero attached hydrogens (tertiary/aromatic N) is 2. The molecule has 0 saturated heterocycles. The molecule has 4 N–H and O–H groups in total. The molecule has 54 heavy (non-hydrogen) atoms. The molecule has 288 valence electrons. The Labute approximate surface area is 320 Å². The van der Waals surface area contributed by atoms with Crippen LogP contribution in [0.25, 0.3) is 21.5 Å². The monoisotopic (exact) mass is 772 g/mol. The zero-order chi connectivity index (χ0) is 38.0. The molecule has 2 unspecified atom stereocenters. The fourth-order valence-corrected chi connectivity index (χ4v) is 9.47. The van der Waals surface area contributed by atoms with E-state index in [1.807, 2.05) is 30.4 Å². The minimum absolute atomic E-state index is 0. The normalized spacial score (nSPS) is 20.6. The van der Waals surface area contributed by atoms with Gasteiger partial charge in [-0.05, 0) is 83.5 Å². The summed E-state index contributed by atoms with van der Waals surface area (Å²) in [4.78, 5) is 4.66. The summed E-state index contributed by atoms with van der Waals surface area (Å²) in [6, 6.07) is 25.4. The van der Waals surface area contributed by atoms with Gasteiger partial charge in [-0.1, -0.05) is 118 Å². The zero-order valence-electron chi connectivity index (χ0n) is 31.4. The molecule has 0 aliphatic carbocycles. The summed E-state index contributed by atoms with van der Waals surface area (Å²) in [5.41, 5.74) is 5.27. The quantitative estimate of drug-likeness (QED) is 0.0737. The van der Waals surface area contributed by atoms with Gasteiger partial charge in [0, 0.05) is 41.5 Å². The molecule has 2 heterocycles. The molecule has 2 aliphatic rings. The molecule has 0 saturated carbocycles. The van der Waals surface area contributed by atoms with E-state index in [1.165, 1.54) is 32.7 Å². The Balaban J connectivity index is 0.00000561. The van der Waals surface area contributed by atoms with Gasteiger partial charge in [-0.2, -0.15) is 16.8 Å². The Hall–Kier alpha value is -4.26. The molecule has 0 bridgehead atoms. The molecule has 2 atom stereocenters. The van der Waals surface area contributed by atoms with Crippen LogP contribution in [0.15, 0.2) is 121 Å². The predicted octanol–water partition coefficient (Wildman–Crippen LogP) is 8.54. The predicted molar refractivity (Wildman–Crippen MR) is 223 cm³/mol. The maximum atomic E-state index is 11.4. The number of anilines is 2. The highest BCUT2D eigenvalue weighted by atomic mass is 32.2. The Bertz CT molecular complexity index is 2350. The van der Waals surface area contributed by atoms with Crippen molar-refractivity contribution in [3.8, 4) is 0 Å². The Morgan fingerprint density at radius 2 is 1.20 bits per heavy atom. The second-order valence-corrected chi connectivity index (χ2v) is 18.1. The molecule has 4 aromatic rings. The van der Waals surface area contributed by atoms with Crippen LogP contribution in [0.2, 0.25) is 0 Å². The van der Waals surface area contributed by atoms with Gasteiger partial charge < -0.3 is 15.3 Å². The molecular formula is C43H52N2O7S2. The molecule has 11 heteroatoms. The Morgan fingerprint density at radius 1 is 0.667 bits per heavy atom. The minimum Gasteiger partial charge on any atom is -0.412 e. The van der Waals surface area contributed by atoms with Gasteiger partial charge >= 0.3 is 0 Å². The fraction of sp³-hybridized carbons (Fsp3) is 0.349. The van der Waals surface area contributed by atoms with E-state index in [1.54, 1.807) is 0 Å². The van der Waals surface area contributed by atoms with E-state index in [0.717, 1.165) is 17.1 Å². The third-order valence-corrected chi connectivity index (χ3v) is 12.7. The van der Waals surface area contributed by atoms with Crippen molar-refractivity contribution >= 4 is 53.2 Å². The lowest BCUT2D eigenvalue weighted by Crippen LogP contribution is -2.44. The van der Waals surface area contributed by atoms with E-state index in [9.17, 15) is 25.9 Å². The molecule has 4 aromatic carbocycles. The number of fused-ring (bicyclic) bond motifs is 6. The standard InChI is InChI=1S/C43H50N2O6S2.H2O/c1-32-40-35-20-11-9-18-33(35)23-25-37(40)45(29-15-17-31-53(49,50)51)43(32,4)27-13-7-5-6-8-22-39-42(2,3)41-36-21-12-10-19-34(36)24-26-38(41)44(39)28-14-16-30-52(46,47)48;/h5-13,18-27,32H,14-17,28-31H2,1-4H3,(H,46,47,48)(H,49,50,51);1H2. The second kappa shape index (κ2) is 16.2. The number of hydrogen-bond donors (Lipinski definition) is 2. The number of hydrogen-bond acceptors (Lipinski definition) is 6. The Kier molecular flexibility index (Phi) is 12.3. The highest BCUT2D eigenvalue weighted by molar-refractivity contribution is 7.86. The van der Waals surface area contributed by atoms with Gasteiger partial charge in [0.25, 0.3) is 20.2 Å². The summed E-state index contributed by atoms with van der Waals surface area (Å²) in [5, 5.41) is 4.79. The van der Waals surface area contributed by atoms with E-state index in [-0.39, 0.29) is 33.9 Å².